The molecule has 1 aliphatic heterocycles. The third-order valence-electron chi connectivity index (χ3n) is 3.66. The summed E-state index contributed by atoms with van der Waals surface area (Å²) in [4.78, 5) is 23.7. The van der Waals surface area contributed by atoms with Crippen molar-refractivity contribution in [1.82, 2.24) is 0 Å². The molecule has 0 atom stereocenters. The summed E-state index contributed by atoms with van der Waals surface area (Å²) in [7, 11) is 0. The highest BCUT2D eigenvalue weighted by atomic mass is 35.5. The third-order valence-corrected chi connectivity index (χ3v) is 3.94. The highest BCUT2D eigenvalue weighted by Gasteiger charge is 2.17. The molecule has 2 aromatic rings. The molecular weight excluding hydrogens is 356 g/mol. The van der Waals surface area contributed by atoms with Gasteiger partial charge in [-0.1, -0.05) is 18.2 Å². The number of carbonyl (C=O) groups is 2. The molecule has 0 aromatic heterocycles. The number of carbonyl (C=O) groups excluding carboxylic acids is 2. The first-order chi connectivity index (χ1) is 12.6. The largest absolute Gasteiger partial charge is 0.489 e. The van der Waals surface area contributed by atoms with Crippen LogP contribution in [0.1, 0.15) is 16.8 Å². The lowest BCUT2D eigenvalue weighted by atomic mass is 10.2. The van der Waals surface area contributed by atoms with Crippen molar-refractivity contribution >= 4 is 34.8 Å². The molecule has 0 aliphatic carbocycles. The van der Waals surface area contributed by atoms with E-state index in [2.05, 4.69) is 17.2 Å². The molecule has 0 unspecified atom stereocenters. The topological polar surface area (TPSA) is 76.7 Å². The molecule has 2 amide bonds. The Morgan fingerprint density at radius 3 is 2.50 bits per heavy atom. The minimum Gasteiger partial charge on any atom is -0.489 e. The van der Waals surface area contributed by atoms with Gasteiger partial charge in [-0.2, -0.15) is 0 Å². The Morgan fingerprint density at radius 2 is 1.77 bits per heavy atom. The highest BCUT2D eigenvalue weighted by molar-refractivity contribution is 6.32. The van der Waals surface area contributed by atoms with Crippen LogP contribution in [0.25, 0.3) is 0 Å². The van der Waals surface area contributed by atoms with E-state index in [1.165, 1.54) is 6.08 Å². The van der Waals surface area contributed by atoms with Crippen LogP contribution >= 0.6 is 11.6 Å². The second-order valence-corrected chi connectivity index (χ2v) is 5.97. The minimum absolute atomic E-state index is 0.308. The number of hydrogen-bond donors (Lipinski definition) is 2. The van der Waals surface area contributed by atoms with Gasteiger partial charge < -0.3 is 20.1 Å². The molecule has 2 N–H and O–H groups in total. The van der Waals surface area contributed by atoms with Crippen molar-refractivity contribution in [2.75, 3.05) is 23.8 Å². The molecule has 1 aliphatic rings. The van der Waals surface area contributed by atoms with Crippen LogP contribution in [0.4, 0.5) is 11.4 Å². The van der Waals surface area contributed by atoms with E-state index in [4.69, 9.17) is 21.1 Å². The van der Waals surface area contributed by atoms with Crippen LogP contribution in [0.3, 0.4) is 0 Å². The van der Waals surface area contributed by atoms with Crippen LogP contribution in [0.5, 0.6) is 11.5 Å². The van der Waals surface area contributed by atoms with E-state index in [1.807, 2.05) is 0 Å². The predicted octanol–water partition coefficient (Wildman–Crippen LogP) is 3.88. The minimum atomic E-state index is -0.316. The van der Waals surface area contributed by atoms with Crippen molar-refractivity contribution in [3.63, 3.8) is 0 Å². The summed E-state index contributed by atoms with van der Waals surface area (Å²) in [6.45, 7) is 4.45. The summed E-state index contributed by atoms with van der Waals surface area (Å²) in [5.74, 6) is 0.374. The van der Waals surface area contributed by atoms with E-state index in [1.54, 1.807) is 36.4 Å². The van der Waals surface area contributed by atoms with Crippen molar-refractivity contribution in [3.05, 3.63) is 59.6 Å². The van der Waals surface area contributed by atoms with Gasteiger partial charge in [0, 0.05) is 29.4 Å². The Kier molecular flexibility index (Phi) is 5.43. The molecule has 26 heavy (non-hydrogen) atoms. The van der Waals surface area contributed by atoms with Gasteiger partial charge in [0.2, 0.25) is 5.91 Å². The van der Waals surface area contributed by atoms with Crippen LogP contribution in [0.15, 0.2) is 49.1 Å². The molecule has 0 saturated heterocycles. The van der Waals surface area contributed by atoms with Crippen LogP contribution in [0, 0.1) is 0 Å². The van der Waals surface area contributed by atoms with Crippen molar-refractivity contribution in [3.8, 4) is 11.5 Å². The molecule has 7 heteroatoms. The monoisotopic (exact) mass is 372 g/mol. The second kappa shape index (κ2) is 7.93. The van der Waals surface area contributed by atoms with Gasteiger partial charge in [-0.25, -0.2) is 0 Å². The lowest BCUT2D eigenvalue weighted by molar-refractivity contribution is -0.111. The van der Waals surface area contributed by atoms with Crippen molar-refractivity contribution in [2.24, 2.45) is 0 Å². The van der Waals surface area contributed by atoms with Gasteiger partial charge in [-0.3, -0.25) is 9.59 Å². The van der Waals surface area contributed by atoms with E-state index >= 15 is 0 Å². The first kappa shape index (κ1) is 17.8. The van der Waals surface area contributed by atoms with Gasteiger partial charge in [-0.15, -0.1) is 0 Å². The zero-order chi connectivity index (χ0) is 18.5. The molecule has 0 bridgehead atoms. The summed E-state index contributed by atoms with van der Waals surface area (Å²) in [5.41, 5.74) is 1.52. The maximum absolute atomic E-state index is 12.4. The number of nitrogens with one attached hydrogen (secondary N) is 2. The van der Waals surface area contributed by atoms with Crippen LogP contribution in [-0.2, 0) is 4.79 Å². The lowest BCUT2D eigenvalue weighted by Gasteiger charge is -2.12. The molecule has 6 nitrogen and oxygen atoms in total. The summed E-state index contributed by atoms with van der Waals surface area (Å²) in [6, 6.07) is 9.79. The molecule has 0 fully saturated rings. The Balaban J connectivity index is 1.73. The molecule has 1 heterocycles. The van der Waals surface area contributed by atoms with E-state index in [0.717, 1.165) is 6.42 Å². The van der Waals surface area contributed by atoms with Gasteiger partial charge in [0.15, 0.2) is 11.5 Å². The first-order valence-electron chi connectivity index (χ1n) is 8.01. The van der Waals surface area contributed by atoms with Crippen molar-refractivity contribution < 1.29 is 19.1 Å². The number of ether oxygens (including phenoxy) is 2. The zero-order valence-corrected chi connectivity index (χ0v) is 14.6. The quantitative estimate of drug-likeness (QED) is 0.798. The second-order valence-electron chi connectivity index (χ2n) is 5.56. The Labute approximate surface area is 155 Å². The summed E-state index contributed by atoms with van der Waals surface area (Å²) in [5, 5.41) is 5.77. The maximum Gasteiger partial charge on any atom is 0.255 e. The molecule has 134 valence electrons. The molecule has 2 aromatic carbocycles. The number of fused-ring (bicyclic) bond motifs is 1. The van der Waals surface area contributed by atoms with Gasteiger partial charge >= 0.3 is 0 Å². The van der Waals surface area contributed by atoms with Crippen LogP contribution in [-0.4, -0.2) is 25.0 Å². The standard InChI is InChI=1S/C19H17ClN2O4/c1-2-17(23)21-13-6-4-12(5-7-13)19(24)22-14-10-15(20)18-16(11-14)25-8-3-9-26-18/h2,4-7,10-11H,1,3,8-9H2,(H,21,23)(H,22,24). The van der Waals surface area contributed by atoms with Gasteiger partial charge in [0.05, 0.1) is 18.2 Å². The van der Waals surface area contributed by atoms with Crippen molar-refractivity contribution in [1.29, 1.82) is 0 Å². The third kappa shape index (κ3) is 4.15. The number of halogens is 1. The van der Waals surface area contributed by atoms with Crippen molar-refractivity contribution in [2.45, 2.75) is 6.42 Å². The van der Waals surface area contributed by atoms with Gasteiger partial charge in [0.25, 0.3) is 5.91 Å². The lowest BCUT2D eigenvalue weighted by Crippen LogP contribution is -2.12. The van der Waals surface area contributed by atoms with Crippen LogP contribution in [0.2, 0.25) is 5.02 Å². The number of hydrogen-bond acceptors (Lipinski definition) is 4. The summed E-state index contributed by atoms with van der Waals surface area (Å²) < 4.78 is 11.2. The Bertz CT molecular complexity index is 849. The van der Waals surface area contributed by atoms with Crippen LogP contribution < -0.4 is 20.1 Å². The maximum atomic E-state index is 12.4. The highest BCUT2D eigenvalue weighted by Crippen LogP contribution is 2.39. The summed E-state index contributed by atoms with van der Waals surface area (Å²) >= 11 is 6.23. The van der Waals surface area contributed by atoms with E-state index in [0.29, 0.717) is 46.7 Å². The molecule has 0 radical (unpaired) electrons. The predicted molar refractivity (Wildman–Crippen MR) is 100 cm³/mol. The fraction of sp³-hybridized carbons (Fsp3) is 0.158. The van der Waals surface area contributed by atoms with E-state index < -0.39 is 0 Å². The number of rotatable bonds is 4. The normalized spacial score (nSPS) is 12.7. The van der Waals surface area contributed by atoms with E-state index in [-0.39, 0.29) is 11.8 Å². The zero-order valence-electron chi connectivity index (χ0n) is 13.9. The molecular formula is C19H17ClN2O4. The fourth-order valence-electron chi connectivity index (χ4n) is 2.40. The number of benzene rings is 2. The number of amides is 2. The Hall–Kier alpha value is -2.99. The first-order valence-corrected chi connectivity index (χ1v) is 8.38. The van der Waals surface area contributed by atoms with Gasteiger partial charge in [0.1, 0.15) is 0 Å². The molecule has 0 spiro atoms. The SMILES string of the molecule is C=CC(=O)Nc1ccc(C(=O)Nc2cc(Cl)c3c(c2)OCCCO3)cc1. The summed E-state index contributed by atoms with van der Waals surface area (Å²) in [6.07, 6.45) is 1.94. The van der Waals surface area contributed by atoms with Gasteiger partial charge in [-0.05, 0) is 36.4 Å². The average molecular weight is 373 g/mol. The smallest absolute Gasteiger partial charge is 0.255 e. The Morgan fingerprint density at radius 1 is 1.04 bits per heavy atom. The number of anilines is 2. The fourth-order valence-corrected chi connectivity index (χ4v) is 2.67. The van der Waals surface area contributed by atoms with E-state index in [9.17, 15) is 9.59 Å². The molecule has 3 rings (SSSR count). The average Bonchev–Trinajstić information content (AvgIpc) is 2.88. The molecule has 0 saturated carbocycles.